The highest BCUT2D eigenvalue weighted by molar-refractivity contribution is 5.40. The van der Waals surface area contributed by atoms with Gasteiger partial charge in [0.15, 0.2) is 0 Å². The molecular formula is C14H22O2. The smallest absolute Gasteiger partial charge is 0.119 e. The highest BCUT2D eigenvalue weighted by Gasteiger charge is 2.16. The zero-order chi connectivity index (χ0) is 12.3. The lowest BCUT2D eigenvalue weighted by molar-refractivity contribution is 0.349. The van der Waals surface area contributed by atoms with Crippen LogP contribution in [-0.4, -0.2) is 10.2 Å². The average molecular weight is 222 g/mol. The van der Waals surface area contributed by atoms with Crippen molar-refractivity contribution in [3.05, 3.63) is 23.8 Å². The molecule has 0 saturated carbocycles. The minimum absolute atomic E-state index is 0.218. The van der Waals surface area contributed by atoms with Crippen molar-refractivity contribution in [2.24, 2.45) is 5.41 Å². The van der Waals surface area contributed by atoms with Gasteiger partial charge in [0.2, 0.25) is 0 Å². The topological polar surface area (TPSA) is 40.5 Å². The second-order valence-electron chi connectivity index (χ2n) is 5.74. The molecule has 0 fully saturated rings. The molecule has 0 spiro atoms. The van der Waals surface area contributed by atoms with Crippen LogP contribution >= 0.6 is 0 Å². The van der Waals surface area contributed by atoms with E-state index >= 15 is 0 Å². The van der Waals surface area contributed by atoms with Crippen molar-refractivity contribution >= 4 is 0 Å². The maximum Gasteiger partial charge on any atom is 0.119 e. The Balaban J connectivity index is 2.73. The van der Waals surface area contributed by atoms with Gasteiger partial charge in [-0.1, -0.05) is 27.7 Å². The van der Waals surface area contributed by atoms with Gasteiger partial charge in [0.25, 0.3) is 0 Å². The summed E-state index contributed by atoms with van der Waals surface area (Å²) < 4.78 is 0. The van der Waals surface area contributed by atoms with Crippen molar-refractivity contribution in [1.82, 2.24) is 0 Å². The van der Waals surface area contributed by atoms with Crippen LogP contribution in [0.25, 0.3) is 0 Å². The van der Waals surface area contributed by atoms with Crippen LogP contribution in [-0.2, 0) is 0 Å². The summed E-state index contributed by atoms with van der Waals surface area (Å²) in [6.07, 6.45) is 2.11. The molecule has 0 aliphatic heterocycles. The second-order valence-corrected chi connectivity index (χ2v) is 5.74. The van der Waals surface area contributed by atoms with Gasteiger partial charge in [-0.15, -0.1) is 0 Å². The Kier molecular flexibility index (Phi) is 3.84. The van der Waals surface area contributed by atoms with E-state index < -0.39 is 0 Å². The first-order valence-electron chi connectivity index (χ1n) is 5.81. The zero-order valence-corrected chi connectivity index (χ0v) is 10.6. The first-order chi connectivity index (χ1) is 7.29. The summed E-state index contributed by atoms with van der Waals surface area (Å²) >= 11 is 0. The van der Waals surface area contributed by atoms with E-state index in [4.69, 9.17) is 0 Å². The van der Waals surface area contributed by atoms with E-state index in [-0.39, 0.29) is 17.4 Å². The third-order valence-corrected chi connectivity index (χ3v) is 2.87. The van der Waals surface area contributed by atoms with Crippen LogP contribution in [0.5, 0.6) is 11.5 Å². The molecule has 1 unspecified atom stereocenters. The van der Waals surface area contributed by atoms with Crippen molar-refractivity contribution < 1.29 is 10.2 Å². The lowest BCUT2D eigenvalue weighted by Crippen LogP contribution is -2.07. The van der Waals surface area contributed by atoms with Gasteiger partial charge >= 0.3 is 0 Å². The fourth-order valence-electron chi connectivity index (χ4n) is 1.74. The molecule has 2 heteroatoms. The maximum atomic E-state index is 9.72. The standard InChI is InChI=1S/C14H22O2/c1-10(7-8-14(2,3)4)12-9-11(15)5-6-13(12)16/h5-6,9-10,15-16H,7-8H2,1-4H3. The van der Waals surface area contributed by atoms with Crippen molar-refractivity contribution in [2.75, 3.05) is 0 Å². The normalized spacial score (nSPS) is 13.8. The van der Waals surface area contributed by atoms with E-state index in [0.29, 0.717) is 5.41 Å². The number of rotatable bonds is 3. The van der Waals surface area contributed by atoms with Gasteiger partial charge in [0, 0.05) is 5.56 Å². The summed E-state index contributed by atoms with van der Waals surface area (Å²) in [6, 6.07) is 4.72. The molecule has 0 aliphatic rings. The largest absolute Gasteiger partial charge is 0.508 e. The average Bonchev–Trinajstić information content (AvgIpc) is 2.17. The molecule has 0 radical (unpaired) electrons. The molecule has 90 valence electrons. The first-order valence-corrected chi connectivity index (χ1v) is 5.81. The summed E-state index contributed by atoms with van der Waals surface area (Å²) in [5.74, 6) is 0.765. The number of hydrogen-bond acceptors (Lipinski definition) is 2. The third kappa shape index (κ3) is 3.76. The monoisotopic (exact) mass is 222 g/mol. The summed E-state index contributed by atoms with van der Waals surface area (Å²) in [5, 5.41) is 19.1. The van der Waals surface area contributed by atoms with Crippen LogP contribution in [0.2, 0.25) is 0 Å². The number of phenolic OH excluding ortho intramolecular Hbond substituents is 2. The molecule has 1 aromatic rings. The van der Waals surface area contributed by atoms with Gasteiger partial charge < -0.3 is 10.2 Å². The lowest BCUT2D eigenvalue weighted by atomic mass is 9.85. The molecule has 1 aromatic carbocycles. The summed E-state index contributed by atoms with van der Waals surface area (Å²) in [5.41, 5.74) is 1.14. The van der Waals surface area contributed by atoms with Crippen LogP contribution in [0, 0.1) is 5.41 Å². The quantitative estimate of drug-likeness (QED) is 0.758. The van der Waals surface area contributed by atoms with E-state index in [9.17, 15) is 10.2 Å². The SMILES string of the molecule is CC(CCC(C)(C)C)c1cc(O)ccc1O. The van der Waals surface area contributed by atoms with E-state index in [1.165, 1.54) is 6.07 Å². The Labute approximate surface area is 97.9 Å². The van der Waals surface area contributed by atoms with Gasteiger partial charge in [0.05, 0.1) is 0 Å². The van der Waals surface area contributed by atoms with Gasteiger partial charge in [-0.3, -0.25) is 0 Å². The molecule has 1 atom stereocenters. The van der Waals surface area contributed by atoms with E-state index in [0.717, 1.165) is 18.4 Å². The molecule has 0 aromatic heterocycles. The molecule has 2 nitrogen and oxygen atoms in total. The Morgan fingerprint density at radius 1 is 1.19 bits per heavy atom. The van der Waals surface area contributed by atoms with Crippen LogP contribution < -0.4 is 0 Å². The van der Waals surface area contributed by atoms with Gasteiger partial charge in [0.1, 0.15) is 11.5 Å². The number of hydrogen-bond donors (Lipinski definition) is 2. The molecule has 1 rings (SSSR count). The highest BCUT2D eigenvalue weighted by Crippen LogP contribution is 2.34. The number of aromatic hydroxyl groups is 2. The number of benzene rings is 1. The minimum atomic E-state index is 0.218. The Hall–Kier alpha value is -1.18. The predicted molar refractivity (Wildman–Crippen MR) is 66.9 cm³/mol. The van der Waals surface area contributed by atoms with Crippen molar-refractivity contribution in [1.29, 1.82) is 0 Å². The highest BCUT2D eigenvalue weighted by atomic mass is 16.3. The first kappa shape index (κ1) is 12.9. The number of phenols is 2. The van der Waals surface area contributed by atoms with Crippen molar-refractivity contribution in [3.8, 4) is 11.5 Å². The van der Waals surface area contributed by atoms with Gasteiger partial charge in [-0.05, 0) is 42.4 Å². The molecule has 0 aliphatic carbocycles. The molecule has 0 saturated heterocycles. The summed E-state index contributed by atoms with van der Waals surface area (Å²) in [7, 11) is 0. The zero-order valence-electron chi connectivity index (χ0n) is 10.6. The fourth-order valence-corrected chi connectivity index (χ4v) is 1.74. The molecule has 16 heavy (non-hydrogen) atoms. The van der Waals surface area contributed by atoms with E-state index in [2.05, 4.69) is 27.7 Å². The lowest BCUT2D eigenvalue weighted by Gasteiger charge is -2.21. The van der Waals surface area contributed by atoms with Crippen molar-refractivity contribution in [2.45, 2.75) is 46.5 Å². The minimum Gasteiger partial charge on any atom is -0.508 e. The molecule has 0 bridgehead atoms. The Bertz CT molecular complexity index is 350. The Morgan fingerprint density at radius 3 is 2.38 bits per heavy atom. The maximum absolute atomic E-state index is 9.72. The van der Waals surface area contributed by atoms with E-state index in [1.54, 1.807) is 12.1 Å². The van der Waals surface area contributed by atoms with Gasteiger partial charge in [-0.2, -0.15) is 0 Å². The molecule has 2 N–H and O–H groups in total. The van der Waals surface area contributed by atoms with Gasteiger partial charge in [-0.25, -0.2) is 0 Å². The fraction of sp³-hybridized carbons (Fsp3) is 0.571. The third-order valence-electron chi connectivity index (χ3n) is 2.87. The van der Waals surface area contributed by atoms with E-state index in [1.807, 2.05) is 0 Å². The van der Waals surface area contributed by atoms with Crippen LogP contribution in [0.15, 0.2) is 18.2 Å². The molecular weight excluding hydrogens is 200 g/mol. The second kappa shape index (κ2) is 4.77. The molecule has 0 heterocycles. The van der Waals surface area contributed by atoms with Crippen LogP contribution in [0.3, 0.4) is 0 Å². The van der Waals surface area contributed by atoms with Crippen molar-refractivity contribution in [3.63, 3.8) is 0 Å². The van der Waals surface area contributed by atoms with Crippen LogP contribution in [0.4, 0.5) is 0 Å². The van der Waals surface area contributed by atoms with Crippen LogP contribution in [0.1, 0.15) is 52.0 Å². The summed E-state index contributed by atoms with van der Waals surface area (Å²) in [4.78, 5) is 0. The predicted octanol–water partition coefficient (Wildman–Crippen LogP) is 4.03. The summed E-state index contributed by atoms with van der Waals surface area (Å²) in [6.45, 7) is 8.71. The molecule has 0 amide bonds. The Morgan fingerprint density at radius 2 is 1.81 bits per heavy atom.